The number of hydrogen-bond donors (Lipinski definition) is 4. The monoisotopic (exact) mass is 312 g/mol. The van der Waals surface area contributed by atoms with Gasteiger partial charge in [-0.25, -0.2) is 0 Å². The van der Waals surface area contributed by atoms with Crippen LogP contribution in [-0.2, 0) is 0 Å². The molecule has 0 aromatic rings. The van der Waals surface area contributed by atoms with E-state index in [4.69, 9.17) is 0 Å². The summed E-state index contributed by atoms with van der Waals surface area (Å²) in [5.41, 5.74) is 0. The molecule has 0 amide bonds. The zero-order chi connectivity index (χ0) is 13.4. The molecule has 0 spiro atoms. The van der Waals surface area contributed by atoms with E-state index < -0.39 is 0 Å². The maximum atomic E-state index is 4.65. The average molecular weight is 313 g/mol. The Hall–Kier alpha value is 1.40. The van der Waals surface area contributed by atoms with E-state index >= 15 is 0 Å². The summed E-state index contributed by atoms with van der Waals surface area (Å²) in [4.78, 5) is 0. The maximum absolute atomic E-state index is 4.65. The van der Waals surface area contributed by atoms with E-state index in [0.29, 0.717) is 22.3 Å². The van der Waals surface area contributed by atoms with Crippen molar-refractivity contribution in [3.63, 3.8) is 0 Å². The van der Waals surface area contributed by atoms with Gasteiger partial charge in [-0.05, 0) is 42.8 Å². The molecule has 4 heteroatoms. The molecule has 2 unspecified atom stereocenters. The zero-order valence-electron chi connectivity index (χ0n) is 11.2. The Morgan fingerprint density at radius 3 is 1.94 bits per heavy atom. The molecule has 0 aromatic carbocycles. The van der Waals surface area contributed by atoms with Gasteiger partial charge in [-0.3, -0.25) is 0 Å². The van der Waals surface area contributed by atoms with Crippen molar-refractivity contribution in [3.8, 4) is 0 Å². The smallest absolute Gasteiger partial charge is 0.0131 e. The molecule has 0 aliphatic rings. The lowest BCUT2D eigenvalue weighted by atomic mass is 9.84. The largest absolute Gasteiger partial charge is 0.179 e. The van der Waals surface area contributed by atoms with Crippen molar-refractivity contribution < 1.29 is 0 Å². The van der Waals surface area contributed by atoms with Gasteiger partial charge in [0, 0.05) is 16.3 Å². The molecule has 104 valence electrons. The minimum Gasteiger partial charge on any atom is -0.179 e. The SMILES string of the molecule is CC(CCS)C[C@@H](CC(C)[C@H](S)CS)[C@@H](C)S. The van der Waals surface area contributed by atoms with E-state index in [1.165, 1.54) is 19.3 Å². The highest BCUT2D eigenvalue weighted by molar-refractivity contribution is 7.84. The molecule has 0 rings (SSSR count). The highest BCUT2D eigenvalue weighted by Gasteiger charge is 2.22. The van der Waals surface area contributed by atoms with Crippen molar-refractivity contribution in [2.75, 3.05) is 11.5 Å². The molecule has 0 aromatic heterocycles. The number of rotatable bonds is 9. The topological polar surface area (TPSA) is 0 Å². The number of thiol groups is 4. The summed E-state index contributed by atoms with van der Waals surface area (Å²) in [5.74, 6) is 3.87. The van der Waals surface area contributed by atoms with Crippen LogP contribution in [0.15, 0.2) is 0 Å². The van der Waals surface area contributed by atoms with E-state index in [-0.39, 0.29) is 0 Å². The quantitative estimate of drug-likeness (QED) is 0.442. The van der Waals surface area contributed by atoms with Gasteiger partial charge in [0.2, 0.25) is 0 Å². The molecular weight excluding hydrogens is 284 g/mol. The molecule has 0 radical (unpaired) electrons. The van der Waals surface area contributed by atoms with Crippen LogP contribution in [0.4, 0.5) is 0 Å². The normalized spacial score (nSPS) is 20.6. The van der Waals surface area contributed by atoms with Gasteiger partial charge in [0.1, 0.15) is 0 Å². The third kappa shape index (κ3) is 8.22. The first-order valence-corrected chi connectivity index (χ1v) is 8.79. The Balaban J connectivity index is 4.24. The third-order valence-corrected chi connectivity index (χ3v) is 5.58. The van der Waals surface area contributed by atoms with Crippen molar-refractivity contribution in [2.45, 2.75) is 50.5 Å². The minimum absolute atomic E-state index is 0.396. The molecular formula is C13H28S4. The van der Waals surface area contributed by atoms with Crippen LogP contribution < -0.4 is 0 Å². The van der Waals surface area contributed by atoms with E-state index in [0.717, 1.165) is 17.4 Å². The van der Waals surface area contributed by atoms with Crippen LogP contribution in [-0.4, -0.2) is 22.0 Å². The first kappa shape index (κ1) is 18.4. The van der Waals surface area contributed by atoms with Gasteiger partial charge in [-0.2, -0.15) is 50.5 Å². The van der Waals surface area contributed by atoms with Crippen LogP contribution in [0.25, 0.3) is 0 Å². The van der Waals surface area contributed by atoms with Gasteiger partial charge in [-0.15, -0.1) is 0 Å². The highest BCUT2D eigenvalue weighted by atomic mass is 32.1. The third-order valence-electron chi connectivity index (χ3n) is 3.53. The fourth-order valence-corrected chi connectivity index (χ4v) is 3.33. The van der Waals surface area contributed by atoms with Crippen LogP contribution in [0.1, 0.15) is 40.0 Å². The lowest BCUT2D eigenvalue weighted by molar-refractivity contribution is 0.319. The van der Waals surface area contributed by atoms with Crippen molar-refractivity contribution in [3.05, 3.63) is 0 Å². The molecule has 0 saturated carbocycles. The summed E-state index contributed by atoms with van der Waals surface area (Å²) >= 11 is 17.9. The lowest BCUT2D eigenvalue weighted by Gasteiger charge is -2.28. The summed E-state index contributed by atoms with van der Waals surface area (Å²) in [6.07, 6.45) is 3.66. The minimum atomic E-state index is 0.396. The maximum Gasteiger partial charge on any atom is 0.0131 e. The summed E-state index contributed by atoms with van der Waals surface area (Å²) in [5, 5.41) is 0.855. The highest BCUT2D eigenvalue weighted by Crippen LogP contribution is 2.30. The van der Waals surface area contributed by atoms with Crippen LogP contribution >= 0.6 is 50.5 Å². The fraction of sp³-hybridized carbons (Fsp3) is 1.00. The zero-order valence-corrected chi connectivity index (χ0v) is 14.8. The van der Waals surface area contributed by atoms with E-state index in [1.807, 2.05) is 0 Å². The average Bonchev–Trinajstić information content (AvgIpc) is 2.27. The fourth-order valence-electron chi connectivity index (χ4n) is 2.16. The molecule has 5 atom stereocenters. The van der Waals surface area contributed by atoms with Crippen molar-refractivity contribution in [1.29, 1.82) is 0 Å². The Labute approximate surface area is 130 Å². The Morgan fingerprint density at radius 2 is 1.53 bits per heavy atom. The second-order valence-electron chi connectivity index (χ2n) is 5.32. The van der Waals surface area contributed by atoms with Gasteiger partial charge < -0.3 is 0 Å². The van der Waals surface area contributed by atoms with E-state index in [2.05, 4.69) is 71.3 Å². The summed E-state index contributed by atoms with van der Waals surface area (Å²) < 4.78 is 0. The molecule has 0 N–H and O–H groups in total. The van der Waals surface area contributed by atoms with Crippen molar-refractivity contribution in [2.24, 2.45) is 17.8 Å². The van der Waals surface area contributed by atoms with Gasteiger partial charge in [-0.1, -0.05) is 20.8 Å². The summed E-state index contributed by atoms with van der Waals surface area (Å²) in [7, 11) is 0. The molecule has 0 bridgehead atoms. The van der Waals surface area contributed by atoms with Gasteiger partial charge in [0.15, 0.2) is 0 Å². The van der Waals surface area contributed by atoms with Gasteiger partial charge >= 0.3 is 0 Å². The van der Waals surface area contributed by atoms with Crippen molar-refractivity contribution in [1.82, 2.24) is 0 Å². The lowest BCUT2D eigenvalue weighted by Crippen LogP contribution is -2.23. The van der Waals surface area contributed by atoms with Crippen LogP contribution in [0.5, 0.6) is 0 Å². The molecule has 0 nitrogen and oxygen atoms in total. The summed E-state index contributed by atoms with van der Waals surface area (Å²) in [6, 6.07) is 0. The molecule has 17 heavy (non-hydrogen) atoms. The molecule has 0 heterocycles. The standard InChI is InChI=1S/C13H28S4/c1-9(4-5-14)6-12(11(3)16)7-10(2)13(17)8-15/h9-17H,4-8H2,1-3H3/t9?,10?,11-,12+,13-/m1/s1. The van der Waals surface area contributed by atoms with Gasteiger partial charge in [0.25, 0.3) is 0 Å². The number of hydrogen-bond acceptors (Lipinski definition) is 4. The van der Waals surface area contributed by atoms with Crippen LogP contribution in [0.2, 0.25) is 0 Å². The predicted molar refractivity (Wildman–Crippen MR) is 94.6 cm³/mol. The first-order valence-electron chi connectivity index (χ1n) is 6.50. The predicted octanol–water partition coefficient (Wildman–Crippen LogP) is 4.52. The second kappa shape index (κ2) is 10.2. The van der Waals surface area contributed by atoms with Crippen LogP contribution in [0, 0.1) is 17.8 Å². The molecule has 0 saturated heterocycles. The first-order chi connectivity index (χ1) is 7.92. The van der Waals surface area contributed by atoms with Crippen LogP contribution in [0.3, 0.4) is 0 Å². The molecule has 0 fully saturated rings. The molecule has 0 aliphatic heterocycles. The van der Waals surface area contributed by atoms with E-state index in [1.54, 1.807) is 0 Å². The second-order valence-corrected chi connectivity index (χ2v) is 7.61. The Bertz CT molecular complexity index is 184. The summed E-state index contributed by atoms with van der Waals surface area (Å²) in [6.45, 7) is 6.81. The Morgan fingerprint density at radius 1 is 0.941 bits per heavy atom. The molecule has 0 aliphatic carbocycles. The van der Waals surface area contributed by atoms with Crippen molar-refractivity contribution >= 4 is 50.5 Å². The van der Waals surface area contributed by atoms with Gasteiger partial charge in [0.05, 0.1) is 0 Å². The van der Waals surface area contributed by atoms with E-state index in [9.17, 15) is 0 Å². The Kier molecular flexibility index (Phi) is 11.1.